The molecule has 2 aliphatic carbocycles. The maximum atomic E-state index is 10.3. The van der Waals surface area contributed by atoms with Crippen LogP contribution in [-0.4, -0.2) is 97.5 Å². The Labute approximate surface area is 145 Å². The topological polar surface area (TPSA) is 160 Å². The molecule has 9 nitrogen and oxygen atoms in total. The summed E-state index contributed by atoms with van der Waals surface area (Å²) in [5.74, 6) is -1.02. The van der Waals surface area contributed by atoms with Crippen molar-refractivity contribution in [3.05, 3.63) is 0 Å². The molecule has 7 N–H and O–H groups in total. The average molecular weight is 364 g/mol. The van der Waals surface area contributed by atoms with Crippen molar-refractivity contribution in [2.75, 3.05) is 13.2 Å². The lowest BCUT2D eigenvalue weighted by molar-refractivity contribution is -0.287. The molecule has 9 unspecified atom stereocenters. The molecule has 0 radical (unpaired) electrons. The van der Waals surface area contributed by atoms with Crippen molar-refractivity contribution in [1.82, 2.24) is 0 Å². The summed E-state index contributed by atoms with van der Waals surface area (Å²) < 4.78 is 11.1. The van der Waals surface area contributed by atoms with Crippen LogP contribution >= 0.6 is 0 Å². The second kappa shape index (κ2) is 6.36. The van der Waals surface area contributed by atoms with Crippen molar-refractivity contribution in [2.45, 2.75) is 68.8 Å². The molecule has 1 heterocycles. The Hall–Kier alpha value is -0.360. The average Bonchev–Trinajstić information content (AvgIpc) is 3.43. The summed E-state index contributed by atoms with van der Waals surface area (Å²) in [5.41, 5.74) is -2.29. The SMILES string of the molecule is C[C@H](O[C@H]1OC(CO)C2(C)CC2C1O)C(O)C(O)C1(O)C(O)C1CO. The molecule has 2 saturated carbocycles. The Morgan fingerprint density at radius 2 is 1.84 bits per heavy atom. The molecule has 25 heavy (non-hydrogen) atoms. The van der Waals surface area contributed by atoms with E-state index >= 15 is 0 Å². The molecule has 0 amide bonds. The molecule has 0 aromatic rings. The van der Waals surface area contributed by atoms with Crippen molar-refractivity contribution >= 4 is 0 Å². The van der Waals surface area contributed by atoms with Gasteiger partial charge in [-0.15, -0.1) is 0 Å². The first-order valence-corrected chi connectivity index (χ1v) is 8.60. The van der Waals surface area contributed by atoms with E-state index in [4.69, 9.17) is 14.6 Å². The lowest BCUT2D eigenvalue weighted by Gasteiger charge is -2.39. The summed E-state index contributed by atoms with van der Waals surface area (Å²) in [7, 11) is 0. The Morgan fingerprint density at radius 1 is 1.20 bits per heavy atom. The third-order valence-electron chi connectivity index (χ3n) is 6.40. The zero-order valence-corrected chi connectivity index (χ0v) is 14.3. The van der Waals surface area contributed by atoms with Gasteiger partial charge >= 0.3 is 0 Å². The molecule has 0 aromatic heterocycles. The number of rotatable bonds is 7. The summed E-state index contributed by atoms with van der Waals surface area (Å²) >= 11 is 0. The molecule has 146 valence electrons. The van der Waals surface area contributed by atoms with Crippen LogP contribution in [0.1, 0.15) is 20.3 Å². The lowest BCUT2D eigenvalue weighted by atomic mass is 9.93. The van der Waals surface area contributed by atoms with Gasteiger partial charge in [0, 0.05) is 11.3 Å². The second-order valence-electron chi connectivity index (χ2n) is 7.88. The van der Waals surface area contributed by atoms with Crippen LogP contribution in [0.5, 0.6) is 0 Å². The molecule has 9 heteroatoms. The fourth-order valence-corrected chi connectivity index (χ4v) is 4.16. The van der Waals surface area contributed by atoms with E-state index in [1.807, 2.05) is 6.92 Å². The molecule has 0 spiro atoms. The van der Waals surface area contributed by atoms with E-state index < -0.39 is 61.0 Å². The Morgan fingerprint density at radius 3 is 2.36 bits per heavy atom. The highest BCUT2D eigenvalue weighted by atomic mass is 16.7. The molecule has 3 rings (SSSR count). The first kappa shape index (κ1) is 19.4. The summed E-state index contributed by atoms with van der Waals surface area (Å²) in [6, 6.07) is 0. The van der Waals surface area contributed by atoms with Gasteiger partial charge < -0.3 is 45.2 Å². The van der Waals surface area contributed by atoms with Crippen LogP contribution in [0, 0.1) is 17.3 Å². The lowest BCUT2D eigenvalue weighted by Crippen LogP contribution is -2.53. The minimum Gasteiger partial charge on any atom is -0.396 e. The van der Waals surface area contributed by atoms with Gasteiger partial charge in [-0.05, 0) is 19.3 Å². The molecule has 0 aromatic carbocycles. The maximum absolute atomic E-state index is 10.3. The first-order chi connectivity index (χ1) is 11.6. The van der Waals surface area contributed by atoms with Gasteiger partial charge in [0.25, 0.3) is 0 Å². The van der Waals surface area contributed by atoms with Crippen LogP contribution in [0.3, 0.4) is 0 Å². The third-order valence-corrected chi connectivity index (χ3v) is 6.40. The Bertz CT molecular complexity index is 504. The standard InChI is InChI=1S/C16H28O9/c1-6(10(19)13(22)16(23)8(4-17)12(16)21)24-14-11(20)7-3-15(7,2)9(5-18)25-14/h6-14,17-23H,3-5H2,1-2H3/t6-,7?,8?,9?,10?,11?,12?,13?,14-,15?,16?/m0/s1. The van der Waals surface area contributed by atoms with Crippen LogP contribution in [0.2, 0.25) is 0 Å². The number of ether oxygens (including phenoxy) is 2. The smallest absolute Gasteiger partial charge is 0.184 e. The molecule has 1 saturated heterocycles. The van der Waals surface area contributed by atoms with E-state index in [1.165, 1.54) is 6.92 Å². The van der Waals surface area contributed by atoms with Gasteiger partial charge in [-0.3, -0.25) is 0 Å². The van der Waals surface area contributed by atoms with E-state index in [0.717, 1.165) is 0 Å². The summed E-state index contributed by atoms with van der Waals surface area (Å²) in [5, 5.41) is 69.1. The number of fused-ring (bicyclic) bond motifs is 1. The molecule has 11 atom stereocenters. The predicted molar refractivity (Wildman–Crippen MR) is 82.1 cm³/mol. The van der Waals surface area contributed by atoms with E-state index in [2.05, 4.69) is 0 Å². The molecule has 3 fully saturated rings. The highest BCUT2D eigenvalue weighted by Crippen LogP contribution is 2.61. The Balaban J connectivity index is 1.61. The number of aliphatic hydroxyl groups is 7. The van der Waals surface area contributed by atoms with Gasteiger partial charge in [0.2, 0.25) is 0 Å². The fourth-order valence-electron chi connectivity index (χ4n) is 4.16. The fraction of sp³-hybridized carbons (Fsp3) is 1.00. The van der Waals surface area contributed by atoms with Gasteiger partial charge in [0.15, 0.2) is 6.29 Å². The predicted octanol–water partition coefficient (Wildman–Crippen LogP) is -3.07. The van der Waals surface area contributed by atoms with Crippen molar-refractivity contribution in [3.63, 3.8) is 0 Å². The summed E-state index contributed by atoms with van der Waals surface area (Å²) in [6.45, 7) is 2.60. The number of hydrogen-bond acceptors (Lipinski definition) is 9. The molecule has 3 aliphatic rings. The number of hydrogen-bond donors (Lipinski definition) is 7. The van der Waals surface area contributed by atoms with Crippen LogP contribution in [0.15, 0.2) is 0 Å². The highest BCUT2D eigenvalue weighted by molar-refractivity contribution is 5.18. The van der Waals surface area contributed by atoms with Crippen molar-refractivity contribution < 1.29 is 45.2 Å². The van der Waals surface area contributed by atoms with E-state index in [9.17, 15) is 30.6 Å². The molecule has 1 aliphatic heterocycles. The van der Waals surface area contributed by atoms with E-state index in [1.54, 1.807) is 0 Å². The maximum Gasteiger partial charge on any atom is 0.184 e. The Kier molecular flexibility index (Phi) is 4.94. The van der Waals surface area contributed by atoms with Crippen LogP contribution < -0.4 is 0 Å². The molecular weight excluding hydrogens is 336 g/mol. The summed E-state index contributed by atoms with van der Waals surface area (Å²) in [4.78, 5) is 0. The first-order valence-electron chi connectivity index (χ1n) is 8.60. The molecule has 0 bridgehead atoms. The van der Waals surface area contributed by atoms with Crippen LogP contribution in [0.4, 0.5) is 0 Å². The quantitative estimate of drug-likeness (QED) is 0.249. The normalized spacial score (nSPS) is 52.2. The second-order valence-corrected chi connectivity index (χ2v) is 7.88. The monoisotopic (exact) mass is 364 g/mol. The molecular formula is C16H28O9. The largest absolute Gasteiger partial charge is 0.396 e. The van der Waals surface area contributed by atoms with Crippen molar-refractivity contribution in [2.24, 2.45) is 17.3 Å². The third kappa shape index (κ3) is 2.82. The van der Waals surface area contributed by atoms with Gasteiger partial charge in [-0.25, -0.2) is 0 Å². The van der Waals surface area contributed by atoms with Crippen LogP contribution in [0.25, 0.3) is 0 Å². The van der Waals surface area contributed by atoms with Crippen LogP contribution in [-0.2, 0) is 9.47 Å². The zero-order chi connectivity index (χ0) is 18.7. The van der Waals surface area contributed by atoms with Crippen molar-refractivity contribution in [1.29, 1.82) is 0 Å². The van der Waals surface area contributed by atoms with Crippen molar-refractivity contribution in [3.8, 4) is 0 Å². The van der Waals surface area contributed by atoms with E-state index in [-0.39, 0.29) is 17.9 Å². The highest BCUT2D eigenvalue weighted by Gasteiger charge is 2.69. The van der Waals surface area contributed by atoms with Gasteiger partial charge in [0.1, 0.15) is 23.9 Å². The summed E-state index contributed by atoms with van der Waals surface area (Å²) in [6.07, 6.45) is -7.50. The minimum absolute atomic E-state index is 0.0779. The van der Waals surface area contributed by atoms with E-state index in [0.29, 0.717) is 6.42 Å². The number of aliphatic hydroxyl groups excluding tert-OH is 6. The van der Waals surface area contributed by atoms with Gasteiger partial charge in [-0.2, -0.15) is 0 Å². The zero-order valence-electron chi connectivity index (χ0n) is 14.3. The minimum atomic E-state index is -2.00. The van der Waals surface area contributed by atoms with Gasteiger partial charge in [-0.1, -0.05) is 6.92 Å². The van der Waals surface area contributed by atoms with Gasteiger partial charge in [0.05, 0.1) is 31.5 Å².